The molecular formula is C20H27ClN2O3S. The second kappa shape index (κ2) is 9.66. The Labute approximate surface area is 168 Å². The summed E-state index contributed by atoms with van der Waals surface area (Å²) in [6, 6.07) is 16.7. The molecule has 0 unspecified atom stereocenters. The molecule has 0 amide bonds. The van der Waals surface area contributed by atoms with Crippen LogP contribution in [0.4, 0.5) is 0 Å². The van der Waals surface area contributed by atoms with Gasteiger partial charge in [-0.2, -0.15) is 0 Å². The maximum Gasteiger partial charge on any atom is 0.241 e. The van der Waals surface area contributed by atoms with Gasteiger partial charge in [0.1, 0.15) is 0 Å². The molecule has 1 fully saturated rings. The summed E-state index contributed by atoms with van der Waals surface area (Å²) in [7, 11) is -1.95. The minimum Gasteiger partial charge on any atom is -0.384 e. The van der Waals surface area contributed by atoms with Crippen molar-refractivity contribution < 1.29 is 13.2 Å². The molecule has 0 saturated carbocycles. The Morgan fingerprint density at radius 1 is 1.04 bits per heavy atom. The number of methoxy groups -OCH3 is 1. The quantitative estimate of drug-likeness (QED) is 0.736. The van der Waals surface area contributed by atoms with Gasteiger partial charge in [-0.1, -0.05) is 48.5 Å². The van der Waals surface area contributed by atoms with Gasteiger partial charge in [0.15, 0.2) is 0 Å². The van der Waals surface area contributed by atoms with Crippen LogP contribution >= 0.6 is 12.4 Å². The van der Waals surface area contributed by atoms with Gasteiger partial charge in [-0.15, -0.1) is 12.4 Å². The molecular weight excluding hydrogens is 384 g/mol. The van der Waals surface area contributed by atoms with Crippen LogP contribution in [0.3, 0.4) is 0 Å². The van der Waals surface area contributed by atoms with E-state index in [1.165, 1.54) is 0 Å². The highest BCUT2D eigenvalue weighted by atomic mass is 35.5. The SMILES string of the molecule is COCC1(CNS(=O)(=O)c2ccccc2-c2ccccc2)CCNCC1.Cl. The molecule has 2 aromatic rings. The zero-order chi connectivity index (χ0) is 18.5. The Morgan fingerprint density at radius 3 is 2.33 bits per heavy atom. The predicted molar refractivity (Wildman–Crippen MR) is 111 cm³/mol. The van der Waals surface area contributed by atoms with Crippen molar-refractivity contribution in [3.05, 3.63) is 54.6 Å². The molecule has 27 heavy (non-hydrogen) atoms. The van der Waals surface area contributed by atoms with Crippen molar-refractivity contribution in [3.63, 3.8) is 0 Å². The highest BCUT2D eigenvalue weighted by Gasteiger charge is 2.34. The third kappa shape index (κ3) is 5.30. The number of halogens is 1. The first kappa shape index (κ1) is 21.9. The van der Waals surface area contributed by atoms with E-state index in [1.54, 1.807) is 19.2 Å². The predicted octanol–water partition coefficient (Wildman–Crippen LogP) is 3.07. The zero-order valence-electron chi connectivity index (χ0n) is 15.5. The first-order valence-electron chi connectivity index (χ1n) is 8.90. The van der Waals surface area contributed by atoms with Crippen LogP contribution in [0.15, 0.2) is 59.5 Å². The summed E-state index contributed by atoms with van der Waals surface area (Å²) < 4.78 is 34.3. The summed E-state index contributed by atoms with van der Waals surface area (Å²) in [5.74, 6) is 0. The summed E-state index contributed by atoms with van der Waals surface area (Å²) in [5, 5.41) is 3.32. The summed E-state index contributed by atoms with van der Waals surface area (Å²) in [5.41, 5.74) is 1.45. The summed E-state index contributed by atoms with van der Waals surface area (Å²) in [4.78, 5) is 0.313. The lowest BCUT2D eigenvalue weighted by molar-refractivity contribution is 0.0577. The van der Waals surface area contributed by atoms with Crippen LogP contribution in [0.2, 0.25) is 0 Å². The first-order valence-corrected chi connectivity index (χ1v) is 10.4. The molecule has 0 aromatic heterocycles. The molecule has 1 heterocycles. The minimum atomic E-state index is -3.62. The molecule has 0 spiro atoms. The molecule has 5 nitrogen and oxygen atoms in total. The molecule has 7 heteroatoms. The van der Waals surface area contributed by atoms with E-state index in [9.17, 15) is 8.42 Å². The number of rotatable bonds is 7. The fourth-order valence-corrected chi connectivity index (χ4v) is 4.90. The van der Waals surface area contributed by atoms with Gasteiger partial charge in [-0.05, 0) is 37.6 Å². The standard InChI is InChI=1S/C20H26N2O3S.ClH/c1-25-16-20(11-13-21-14-12-20)15-22-26(23,24)19-10-6-5-9-18(19)17-7-3-2-4-8-17;/h2-10,21-22H,11-16H2,1H3;1H. The third-order valence-corrected chi connectivity index (χ3v) is 6.47. The first-order chi connectivity index (χ1) is 12.6. The molecule has 2 N–H and O–H groups in total. The van der Waals surface area contributed by atoms with E-state index < -0.39 is 10.0 Å². The normalized spacial score (nSPS) is 16.5. The lowest BCUT2D eigenvalue weighted by Crippen LogP contribution is -2.47. The van der Waals surface area contributed by atoms with Gasteiger partial charge in [-0.25, -0.2) is 13.1 Å². The van der Waals surface area contributed by atoms with E-state index in [0.717, 1.165) is 31.5 Å². The maximum atomic E-state index is 13.0. The lowest BCUT2D eigenvalue weighted by Gasteiger charge is -2.37. The van der Waals surface area contributed by atoms with Gasteiger partial charge in [-0.3, -0.25) is 0 Å². The molecule has 0 atom stereocenters. The average Bonchev–Trinajstić information content (AvgIpc) is 2.68. The molecule has 2 aromatic carbocycles. The van der Waals surface area contributed by atoms with Crippen molar-refractivity contribution in [3.8, 4) is 11.1 Å². The van der Waals surface area contributed by atoms with Crippen molar-refractivity contribution in [2.75, 3.05) is 33.4 Å². The van der Waals surface area contributed by atoms with E-state index >= 15 is 0 Å². The minimum absolute atomic E-state index is 0. The fraction of sp³-hybridized carbons (Fsp3) is 0.400. The lowest BCUT2D eigenvalue weighted by atomic mass is 9.80. The van der Waals surface area contributed by atoms with Crippen LogP contribution in [-0.2, 0) is 14.8 Å². The van der Waals surface area contributed by atoms with Crippen molar-refractivity contribution in [1.82, 2.24) is 10.0 Å². The third-order valence-electron chi connectivity index (χ3n) is 5.01. The second-order valence-electron chi connectivity index (χ2n) is 6.87. The number of nitrogens with one attached hydrogen (secondary N) is 2. The molecule has 0 aliphatic carbocycles. The van der Waals surface area contributed by atoms with Crippen molar-refractivity contribution >= 4 is 22.4 Å². The van der Waals surface area contributed by atoms with Gasteiger partial charge in [0.2, 0.25) is 10.0 Å². The monoisotopic (exact) mass is 410 g/mol. The Balaban J connectivity index is 0.00000261. The smallest absolute Gasteiger partial charge is 0.241 e. The van der Waals surface area contributed by atoms with Crippen molar-refractivity contribution in [2.24, 2.45) is 5.41 Å². The van der Waals surface area contributed by atoms with Crippen LogP contribution in [-0.4, -0.2) is 41.8 Å². The van der Waals surface area contributed by atoms with Crippen LogP contribution in [0.1, 0.15) is 12.8 Å². The van der Waals surface area contributed by atoms with Gasteiger partial charge in [0.25, 0.3) is 0 Å². The average molecular weight is 411 g/mol. The highest BCUT2D eigenvalue weighted by Crippen LogP contribution is 2.30. The van der Waals surface area contributed by atoms with Gasteiger partial charge in [0, 0.05) is 24.6 Å². The number of hydrogen-bond donors (Lipinski definition) is 2. The number of sulfonamides is 1. The van der Waals surface area contributed by atoms with Gasteiger partial charge >= 0.3 is 0 Å². The van der Waals surface area contributed by atoms with Crippen LogP contribution in [0.25, 0.3) is 11.1 Å². The van der Waals surface area contributed by atoms with E-state index in [4.69, 9.17) is 4.74 Å². The zero-order valence-corrected chi connectivity index (χ0v) is 17.1. The fourth-order valence-electron chi connectivity index (χ4n) is 3.52. The summed E-state index contributed by atoms with van der Waals surface area (Å²) in [6.07, 6.45) is 1.79. The summed E-state index contributed by atoms with van der Waals surface area (Å²) in [6.45, 7) is 2.70. The second-order valence-corrected chi connectivity index (χ2v) is 8.61. The Bertz CT molecular complexity index is 817. The van der Waals surface area contributed by atoms with E-state index in [1.807, 2.05) is 42.5 Å². The van der Waals surface area contributed by atoms with Gasteiger partial charge in [0.05, 0.1) is 11.5 Å². The largest absolute Gasteiger partial charge is 0.384 e. The van der Waals surface area contributed by atoms with Crippen LogP contribution in [0, 0.1) is 5.41 Å². The molecule has 1 aliphatic heterocycles. The number of hydrogen-bond acceptors (Lipinski definition) is 4. The molecule has 3 rings (SSSR count). The molecule has 0 radical (unpaired) electrons. The Kier molecular flexibility index (Phi) is 7.82. The van der Waals surface area contributed by atoms with E-state index in [0.29, 0.717) is 23.6 Å². The molecule has 0 bridgehead atoms. The van der Waals surface area contributed by atoms with Crippen LogP contribution < -0.4 is 10.0 Å². The maximum absolute atomic E-state index is 13.0. The van der Waals surface area contributed by atoms with Crippen molar-refractivity contribution in [2.45, 2.75) is 17.7 Å². The van der Waals surface area contributed by atoms with E-state index in [2.05, 4.69) is 10.0 Å². The summed E-state index contributed by atoms with van der Waals surface area (Å²) >= 11 is 0. The molecule has 1 saturated heterocycles. The number of ether oxygens (including phenoxy) is 1. The number of benzene rings is 2. The van der Waals surface area contributed by atoms with Gasteiger partial charge < -0.3 is 10.1 Å². The number of piperidine rings is 1. The Morgan fingerprint density at radius 2 is 1.67 bits per heavy atom. The topological polar surface area (TPSA) is 67.4 Å². The highest BCUT2D eigenvalue weighted by molar-refractivity contribution is 7.89. The van der Waals surface area contributed by atoms with Crippen molar-refractivity contribution in [1.29, 1.82) is 0 Å². The Hall–Kier alpha value is -1.44. The molecule has 148 valence electrons. The molecule has 1 aliphatic rings. The van der Waals surface area contributed by atoms with E-state index in [-0.39, 0.29) is 17.8 Å². The van der Waals surface area contributed by atoms with Crippen LogP contribution in [0.5, 0.6) is 0 Å².